The summed E-state index contributed by atoms with van der Waals surface area (Å²) in [5.74, 6) is -0.207. The number of piperidine rings is 1. The van der Waals surface area contributed by atoms with Gasteiger partial charge in [0.2, 0.25) is 0 Å². The first kappa shape index (κ1) is 12.8. The number of anilines is 1. The molecule has 1 aromatic heterocycles. The minimum atomic E-state index is -0.695. The minimum Gasteiger partial charge on any atom is -0.481 e. The number of hydrogen-bond acceptors (Lipinski definition) is 4. The summed E-state index contributed by atoms with van der Waals surface area (Å²) < 4.78 is 0.880. The second-order valence-corrected chi connectivity index (χ2v) is 5.99. The van der Waals surface area contributed by atoms with E-state index in [2.05, 4.69) is 25.8 Å². The Morgan fingerprint density at radius 1 is 1.71 bits per heavy atom. The Labute approximate surface area is 113 Å². The monoisotopic (exact) mass is 318 g/mol. The summed E-state index contributed by atoms with van der Waals surface area (Å²) >= 11 is 4.99. The van der Waals surface area contributed by atoms with Gasteiger partial charge in [-0.3, -0.25) is 4.79 Å². The molecule has 6 heteroatoms. The number of carbonyl (C=O) groups is 1. The lowest BCUT2D eigenvalue weighted by molar-refractivity contribution is -0.137. The van der Waals surface area contributed by atoms with Crippen LogP contribution in [0.1, 0.15) is 25.7 Å². The molecule has 0 spiro atoms. The zero-order chi connectivity index (χ0) is 12.3. The molecule has 1 unspecified atom stereocenters. The van der Waals surface area contributed by atoms with Crippen LogP contribution in [0, 0.1) is 5.92 Å². The average Bonchev–Trinajstić information content (AvgIpc) is 2.74. The summed E-state index contributed by atoms with van der Waals surface area (Å²) in [4.78, 5) is 17.2. The van der Waals surface area contributed by atoms with Crippen LogP contribution in [0.2, 0.25) is 0 Å². The molecule has 0 bridgehead atoms. The molecule has 94 valence electrons. The fraction of sp³-hybridized carbons (Fsp3) is 0.636. The highest BCUT2D eigenvalue weighted by atomic mass is 79.9. The second kappa shape index (κ2) is 5.82. The van der Waals surface area contributed by atoms with Gasteiger partial charge in [-0.25, -0.2) is 4.98 Å². The number of carboxylic acids is 1. The first-order valence-electron chi connectivity index (χ1n) is 5.73. The van der Waals surface area contributed by atoms with Crippen LogP contribution in [-0.2, 0) is 4.79 Å². The van der Waals surface area contributed by atoms with Crippen molar-refractivity contribution < 1.29 is 9.90 Å². The molecule has 1 aliphatic heterocycles. The number of carboxylic acid groups (broad SMARTS) is 1. The van der Waals surface area contributed by atoms with E-state index in [0.717, 1.165) is 42.1 Å². The molecule has 1 aromatic rings. The van der Waals surface area contributed by atoms with Gasteiger partial charge in [-0.15, -0.1) is 11.3 Å². The number of nitrogens with zero attached hydrogens (tertiary/aromatic N) is 2. The quantitative estimate of drug-likeness (QED) is 0.927. The molecule has 0 aromatic carbocycles. The van der Waals surface area contributed by atoms with E-state index < -0.39 is 5.97 Å². The highest BCUT2D eigenvalue weighted by molar-refractivity contribution is 9.10. The first-order chi connectivity index (χ1) is 8.15. The number of aromatic nitrogens is 1. The van der Waals surface area contributed by atoms with Crippen LogP contribution in [0.15, 0.2) is 9.98 Å². The summed E-state index contributed by atoms with van der Waals surface area (Å²) in [5, 5.41) is 11.7. The lowest BCUT2D eigenvalue weighted by atomic mass is 9.94. The summed E-state index contributed by atoms with van der Waals surface area (Å²) in [6, 6.07) is 0. The largest absolute Gasteiger partial charge is 0.481 e. The molecule has 1 atom stereocenters. The van der Waals surface area contributed by atoms with E-state index >= 15 is 0 Å². The van der Waals surface area contributed by atoms with Gasteiger partial charge in [-0.05, 0) is 41.1 Å². The zero-order valence-corrected chi connectivity index (χ0v) is 11.8. The Hall–Kier alpha value is -0.620. The summed E-state index contributed by atoms with van der Waals surface area (Å²) in [6.45, 7) is 1.97. The van der Waals surface area contributed by atoms with Crippen LogP contribution in [0.25, 0.3) is 0 Å². The number of aliphatic carboxylic acids is 1. The Kier molecular flexibility index (Phi) is 4.39. The maximum absolute atomic E-state index is 10.6. The second-order valence-electron chi connectivity index (χ2n) is 4.34. The molecule has 17 heavy (non-hydrogen) atoms. The van der Waals surface area contributed by atoms with Gasteiger partial charge in [0.25, 0.3) is 0 Å². The number of halogens is 1. The number of hydrogen-bond donors (Lipinski definition) is 1. The molecule has 1 N–H and O–H groups in total. The van der Waals surface area contributed by atoms with Crippen LogP contribution in [0.3, 0.4) is 0 Å². The van der Waals surface area contributed by atoms with Gasteiger partial charge >= 0.3 is 5.97 Å². The van der Waals surface area contributed by atoms with Gasteiger partial charge in [0, 0.05) is 24.9 Å². The zero-order valence-electron chi connectivity index (χ0n) is 9.43. The third-order valence-electron chi connectivity index (χ3n) is 3.02. The molecule has 4 nitrogen and oxygen atoms in total. The molecule has 0 saturated carbocycles. The van der Waals surface area contributed by atoms with Crippen molar-refractivity contribution in [2.75, 3.05) is 18.0 Å². The van der Waals surface area contributed by atoms with E-state index in [0.29, 0.717) is 5.92 Å². The molecule has 0 amide bonds. The van der Waals surface area contributed by atoms with Crippen molar-refractivity contribution in [3.05, 3.63) is 9.98 Å². The van der Waals surface area contributed by atoms with Crippen LogP contribution in [0.4, 0.5) is 5.13 Å². The molecule has 0 aliphatic carbocycles. The Morgan fingerprint density at radius 2 is 2.53 bits per heavy atom. The van der Waals surface area contributed by atoms with Crippen LogP contribution >= 0.6 is 27.3 Å². The standard InChI is InChI=1S/C11H15BrN2O2S/c12-9-7-17-11(13-9)14-5-1-2-8(6-14)3-4-10(15)16/h7-8H,1-6H2,(H,15,16). The Morgan fingerprint density at radius 3 is 3.18 bits per heavy atom. The van der Waals surface area contributed by atoms with Crippen LogP contribution in [0.5, 0.6) is 0 Å². The molecule has 2 heterocycles. The van der Waals surface area contributed by atoms with Crippen molar-refractivity contribution in [3.63, 3.8) is 0 Å². The van der Waals surface area contributed by atoms with Crippen molar-refractivity contribution in [2.45, 2.75) is 25.7 Å². The fourth-order valence-electron chi connectivity index (χ4n) is 2.19. The van der Waals surface area contributed by atoms with E-state index in [1.165, 1.54) is 0 Å². The van der Waals surface area contributed by atoms with Crippen molar-refractivity contribution >= 4 is 38.4 Å². The van der Waals surface area contributed by atoms with E-state index in [-0.39, 0.29) is 6.42 Å². The number of rotatable bonds is 4. The van der Waals surface area contributed by atoms with Crippen LogP contribution in [-0.4, -0.2) is 29.1 Å². The van der Waals surface area contributed by atoms with E-state index in [1.807, 2.05) is 5.38 Å². The maximum Gasteiger partial charge on any atom is 0.303 e. The highest BCUT2D eigenvalue weighted by Crippen LogP contribution is 2.29. The predicted molar refractivity (Wildman–Crippen MR) is 71.6 cm³/mol. The van der Waals surface area contributed by atoms with Gasteiger partial charge in [-0.1, -0.05) is 0 Å². The van der Waals surface area contributed by atoms with Crippen molar-refractivity contribution in [1.29, 1.82) is 0 Å². The lowest BCUT2D eigenvalue weighted by Crippen LogP contribution is -2.35. The van der Waals surface area contributed by atoms with Gasteiger partial charge in [0.05, 0.1) is 0 Å². The third kappa shape index (κ3) is 3.67. The lowest BCUT2D eigenvalue weighted by Gasteiger charge is -2.32. The van der Waals surface area contributed by atoms with Crippen molar-refractivity contribution in [1.82, 2.24) is 4.98 Å². The SMILES string of the molecule is O=C(O)CCC1CCCN(c2nc(Br)cs2)C1. The highest BCUT2D eigenvalue weighted by Gasteiger charge is 2.22. The van der Waals surface area contributed by atoms with E-state index in [9.17, 15) is 4.79 Å². The summed E-state index contributed by atoms with van der Waals surface area (Å²) in [5.41, 5.74) is 0. The van der Waals surface area contributed by atoms with Gasteiger partial charge in [-0.2, -0.15) is 0 Å². The minimum absolute atomic E-state index is 0.278. The summed E-state index contributed by atoms with van der Waals surface area (Å²) in [6.07, 6.45) is 3.32. The van der Waals surface area contributed by atoms with Crippen molar-refractivity contribution in [3.8, 4) is 0 Å². The molecule has 1 fully saturated rings. The Bertz CT molecular complexity index is 397. The van der Waals surface area contributed by atoms with Gasteiger partial charge < -0.3 is 10.0 Å². The average molecular weight is 319 g/mol. The smallest absolute Gasteiger partial charge is 0.303 e. The van der Waals surface area contributed by atoms with Gasteiger partial charge in [0.1, 0.15) is 4.60 Å². The van der Waals surface area contributed by atoms with Crippen LogP contribution < -0.4 is 4.90 Å². The van der Waals surface area contributed by atoms with E-state index in [1.54, 1.807) is 11.3 Å². The van der Waals surface area contributed by atoms with Gasteiger partial charge in [0.15, 0.2) is 5.13 Å². The van der Waals surface area contributed by atoms with E-state index in [4.69, 9.17) is 5.11 Å². The first-order valence-corrected chi connectivity index (χ1v) is 7.40. The molecular weight excluding hydrogens is 304 g/mol. The summed E-state index contributed by atoms with van der Waals surface area (Å²) in [7, 11) is 0. The fourth-order valence-corrected chi connectivity index (χ4v) is 3.48. The topological polar surface area (TPSA) is 53.4 Å². The molecule has 1 saturated heterocycles. The molecular formula is C11H15BrN2O2S. The maximum atomic E-state index is 10.6. The normalized spacial score (nSPS) is 20.5. The molecule has 0 radical (unpaired) electrons. The molecule has 1 aliphatic rings. The Balaban J connectivity index is 1.90. The predicted octanol–water partition coefficient (Wildman–Crippen LogP) is 2.99. The van der Waals surface area contributed by atoms with Crippen molar-refractivity contribution in [2.24, 2.45) is 5.92 Å². The third-order valence-corrected chi connectivity index (χ3v) is 4.63. The number of thiazole rings is 1. The molecule has 2 rings (SSSR count).